The standard InChI is InChI=1S/C16H20F2N2/c1-10-8-12-11-6-4-5-7-13(11)19-14(12)15(17)20(10)9-16(2,3)18/h4-7,10,15,19H,8-9H2,1-3H3. The highest BCUT2D eigenvalue weighted by Crippen LogP contribution is 2.38. The lowest BCUT2D eigenvalue weighted by atomic mass is 9.95. The van der Waals surface area contributed by atoms with Gasteiger partial charge in [-0.1, -0.05) is 18.2 Å². The van der Waals surface area contributed by atoms with E-state index in [9.17, 15) is 8.78 Å². The zero-order valence-electron chi connectivity index (χ0n) is 12.1. The van der Waals surface area contributed by atoms with E-state index in [1.165, 1.54) is 13.8 Å². The van der Waals surface area contributed by atoms with Crippen LogP contribution < -0.4 is 0 Å². The summed E-state index contributed by atoms with van der Waals surface area (Å²) in [7, 11) is 0. The second-order valence-corrected chi connectivity index (χ2v) is 6.34. The van der Waals surface area contributed by atoms with Crippen molar-refractivity contribution in [3.8, 4) is 0 Å². The number of aromatic amines is 1. The highest BCUT2D eigenvalue weighted by Gasteiger charge is 2.37. The Morgan fingerprint density at radius 1 is 1.35 bits per heavy atom. The minimum absolute atomic E-state index is 0.00766. The summed E-state index contributed by atoms with van der Waals surface area (Å²) in [6.07, 6.45) is -0.522. The number of halogens is 2. The summed E-state index contributed by atoms with van der Waals surface area (Å²) in [5.41, 5.74) is 1.18. The van der Waals surface area contributed by atoms with Gasteiger partial charge in [0.05, 0.1) is 5.69 Å². The molecule has 2 atom stereocenters. The van der Waals surface area contributed by atoms with Gasteiger partial charge in [0.25, 0.3) is 0 Å². The van der Waals surface area contributed by atoms with Crippen molar-refractivity contribution in [2.75, 3.05) is 6.54 Å². The van der Waals surface area contributed by atoms with E-state index >= 15 is 0 Å². The maximum absolute atomic E-state index is 14.8. The minimum Gasteiger partial charge on any atom is -0.355 e. The molecule has 0 saturated heterocycles. The molecule has 3 rings (SSSR count). The summed E-state index contributed by atoms with van der Waals surface area (Å²) in [5.74, 6) is 0. The van der Waals surface area contributed by atoms with Crippen molar-refractivity contribution >= 4 is 10.9 Å². The molecule has 2 aromatic rings. The van der Waals surface area contributed by atoms with Gasteiger partial charge >= 0.3 is 0 Å². The van der Waals surface area contributed by atoms with Gasteiger partial charge in [0.2, 0.25) is 0 Å². The number of para-hydroxylation sites is 1. The third kappa shape index (κ3) is 2.22. The van der Waals surface area contributed by atoms with Gasteiger partial charge in [-0.05, 0) is 38.8 Å². The molecular weight excluding hydrogens is 258 g/mol. The van der Waals surface area contributed by atoms with Crippen molar-refractivity contribution in [1.29, 1.82) is 0 Å². The van der Waals surface area contributed by atoms with Crippen molar-refractivity contribution in [3.63, 3.8) is 0 Å². The predicted octanol–water partition coefficient (Wildman–Crippen LogP) is 4.13. The number of rotatable bonds is 2. The molecule has 2 nitrogen and oxygen atoms in total. The molecule has 1 N–H and O–H groups in total. The number of fused-ring (bicyclic) bond motifs is 3. The molecule has 0 bridgehead atoms. The number of H-pyrrole nitrogens is 1. The van der Waals surface area contributed by atoms with Gasteiger partial charge in [0.15, 0.2) is 6.30 Å². The van der Waals surface area contributed by atoms with Crippen LogP contribution >= 0.6 is 0 Å². The fourth-order valence-electron chi connectivity index (χ4n) is 3.12. The lowest BCUT2D eigenvalue weighted by Crippen LogP contribution is -2.46. The van der Waals surface area contributed by atoms with Crippen molar-refractivity contribution in [1.82, 2.24) is 9.88 Å². The Kier molecular flexibility index (Phi) is 3.09. The third-order valence-electron chi connectivity index (χ3n) is 4.00. The normalized spacial score (nSPS) is 24.1. The first-order chi connectivity index (χ1) is 9.37. The monoisotopic (exact) mass is 278 g/mol. The van der Waals surface area contributed by atoms with E-state index < -0.39 is 12.0 Å². The van der Waals surface area contributed by atoms with Crippen LogP contribution in [0.3, 0.4) is 0 Å². The molecule has 0 saturated carbocycles. The lowest BCUT2D eigenvalue weighted by molar-refractivity contribution is -0.00814. The predicted molar refractivity (Wildman–Crippen MR) is 77.2 cm³/mol. The molecule has 0 aliphatic carbocycles. The van der Waals surface area contributed by atoms with Gasteiger partial charge in [0.1, 0.15) is 5.67 Å². The number of nitrogens with zero attached hydrogens (tertiary/aromatic N) is 1. The molecule has 0 spiro atoms. The molecule has 20 heavy (non-hydrogen) atoms. The van der Waals surface area contributed by atoms with Gasteiger partial charge in [0, 0.05) is 23.5 Å². The SMILES string of the molecule is CC1Cc2c([nH]c3ccccc23)C(F)N1CC(C)(C)F. The molecule has 0 radical (unpaired) electrons. The highest BCUT2D eigenvalue weighted by molar-refractivity contribution is 5.85. The van der Waals surface area contributed by atoms with Crippen LogP contribution in [0.5, 0.6) is 0 Å². The van der Waals surface area contributed by atoms with E-state index in [1.807, 2.05) is 31.2 Å². The Hall–Kier alpha value is -1.42. The molecule has 2 heterocycles. The molecule has 2 unspecified atom stereocenters. The zero-order chi connectivity index (χ0) is 14.5. The summed E-state index contributed by atoms with van der Waals surface area (Å²) in [5, 5.41) is 1.08. The molecule has 1 aliphatic heterocycles. The van der Waals surface area contributed by atoms with Crippen LogP contribution in [0.1, 0.15) is 38.3 Å². The zero-order valence-corrected chi connectivity index (χ0v) is 12.1. The number of alkyl halides is 2. The summed E-state index contributed by atoms with van der Waals surface area (Å²) in [4.78, 5) is 4.77. The number of nitrogens with one attached hydrogen (secondary N) is 1. The van der Waals surface area contributed by atoms with Crippen LogP contribution in [0.4, 0.5) is 8.78 Å². The first-order valence-corrected chi connectivity index (χ1v) is 7.05. The topological polar surface area (TPSA) is 19.0 Å². The maximum atomic E-state index is 14.8. The number of benzene rings is 1. The highest BCUT2D eigenvalue weighted by atomic mass is 19.1. The van der Waals surface area contributed by atoms with Crippen LogP contribution in [0.2, 0.25) is 0 Å². The van der Waals surface area contributed by atoms with E-state index in [2.05, 4.69) is 4.98 Å². The first-order valence-electron chi connectivity index (χ1n) is 7.05. The Labute approximate surface area is 117 Å². The van der Waals surface area contributed by atoms with E-state index in [0.717, 1.165) is 22.9 Å². The quantitative estimate of drug-likeness (QED) is 0.818. The Morgan fingerprint density at radius 3 is 2.75 bits per heavy atom. The maximum Gasteiger partial charge on any atom is 0.194 e. The molecule has 0 amide bonds. The molecular formula is C16H20F2N2. The van der Waals surface area contributed by atoms with E-state index in [1.54, 1.807) is 4.90 Å². The molecule has 4 heteroatoms. The molecule has 0 fully saturated rings. The van der Waals surface area contributed by atoms with Crippen molar-refractivity contribution in [2.45, 2.75) is 45.2 Å². The summed E-state index contributed by atoms with van der Waals surface area (Å²) >= 11 is 0. The summed E-state index contributed by atoms with van der Waals surface area (Å²) in [6.45, 7) is 5.05. The Morgan fingerprint density at radius 2 is 2.05 bits per heavy atom. The fourth-order valence-corrected chi connectivity index (χ4v) is 3.12. The molecule has 1 aliphatic rings. The van der Waals surface area contributed by atoms with Gasteiger partial charge in [-0.25, -0.2) is 8.78 Å². The average Bonchev–Trinajstić information content (AvgIpc) is 2.73. The van der Waals surface area contributed by atoms with Crippen LogP contribution in [-0.4, -0.2) is 28.1 Å². The smallest absolute Gasteiger partial charge is 0.194 e. The second kappa shape index (κ2) is 4.55. The van der Waals surface area contributed by atoms with Crippen molar-refractivity contribution in [2.24, 2.45) is 0 Å². The van der Waals surface area contributed by atoms with Gasteiger partial charge in [-0.15, -0.1) is 0 Å². The third-order valence-corrected chi connectivity index (χ3v) is 4.00. The summed E-state index contributed by atoms with van der Waals surface area (Å²) in [6, 6.07) is 7.86. The largest absolute Gasteiger partial charge is 0.355 e. The number of hydrogen-bond acceptors (Lipinski definition) is 1. The van der Waals surface area contributed by atoms with Crippen LogP contribution in [0, 0.1) is 0 Å². The van der Waals surface area contributed by atoms with Gasteiger partial charge < -0.3 is 4.98 Å². The average molecular weight is 278 g/mol. The first kappa shape index (κ1) is 13.6. The second-order valence-electron chi connectivity index (χ2n) is 6.34. The fraction of sp³-hybridized carbons (Fsp3) is 0.500. The molecule has 1 aromatic carbocycles. The lowest BCUT2D eigenvalue weighted by Gasteiger charge is -2.38. The van der Waals surface area contributed by atoms with E-state index in [-0.39, 0.29) is 12.6 Å². The van der Waals surface area contributed by atoms with Crippen LogP contribution in [0.15, 0.2) is 24.3 Å². The van der Waals surface area contributed by atoms with E-state index in [4.69, 9.17) is 0 Å². The number of hydrogen-bond donors (Lipinski definition) is 1. The Balaban J connectivity index is 2.03. The Bertz CT molecular complexity index is 627. The summed E-state index contributed by atoms with van der Waals surface area (Å²) < 4.78 is 28.7. The van der Waals surface area contributed by atoms with Crippen LogP contribution in [-0.2, 0) is 6.42 Å². The van der Waals surface area contributed by atoms with Gasteiger partial charge in [-0.2, -0.15) is 0 Å². The molecule has 108 valence electrons. The molecule has 1 aromatic heterocycles. The van der Waals surface area contributed by atoms with E-state index in [0.29, 0.717) is 5.69 Å². The van der Waals surface area contributed by atoms with Crippen molar-refractivity contribution < 1.29 is 8.78 Å². The van der Waals surface area contributed by atoms with Crippen molar-refractivity contribution in [3.05, 3.63) is 35.5 Å². The number of aromatic nitrogens is 1. The van der Waals surface area contributed by atoms with Crippen LogP contribution in [0.25, 0.3) is 10.9 Å². The minimum atomic E-state index is -1.40. The van der Waals surface area contributed by atoms with Gasteiger partial charge in [-0.3, -0.25) is 4.90 Å².